The fourth-order valence-electron chi connectivity index (χ4n) is 2.84. The van der Waals surface area contributed by atoms with Crippen LogP contribution in [0.2, 0.25) is 5.02 Å². The third-order valence-electron chi connectivity index (χ3n) is 4.31. The van der Waals surface area contributed by atoms with Gasteiger partial charge in [0, 0.05) is 10.7 Å². The van der Waals surface area contributed by atoms with Crippen molar-refractivity contribution < 1.29 is 14.4 Å². The summed E-state index contributed by atoms with van der Waals surface area (Å²) in [4.78, 5) is 37.8. The van der Waals surface area contributed by atoms with Gasteiger partial charge in [-0.3, -0.25) is 14.5 Å². The maximum Gasteiger partial charge on any atom is 0.325 e. The van der Waals surface area contributed by atoms with E-state index in [2.05, 4.69) is 17.6 Å². The summed E-state index contributed by atoms with van der Waals surface area (Å²) in [5, 5.41) is 5.94. The van der Waals surface area contributed by atoms with Gasteiger partial charge < -0.3 is 10.6 Å². The summed E-state index contributed by atoms with van der Waals surface area (Å²) in [6.45, 7) is 3.53. The van der Waals surface area contributed by atoms with Crippen molar-refractivity contribution >= 4 is 35.1 Å². The molecule has 0 spiro atoms. The van der Waals surface area contributed by atoms with Crippen LogP contribution in [0.1, 0.15) is 46.0 Å². The Morgan fingerprint density at radius 3 is 2.52 bits per heavy atom. The molecule has 136 valence electrons. The summed E-state index contributed by atoms with van der Waals surface area (Å²) in [6.07, 6.45) is 4.67. The number of rotatable bonds is 8. The van der Waals surface area contributed by atoms with Crippen LogP contribution >= 0.6 is 11.6 Å². The Balaban J connectivity index is 1.92. The van der Waals surface area contributed by atoms with Crippen molar-refractivity contribution in [3.8, 4) is 0 Å². The topological polar surface area (TPSA) is 78.5 Å². The molecule has 0 unspecified atom stereocenters. The number of imide groups is 1. The summed E-state index contributed by atoms with van der Waals surface area (Å²) in [5.41, 5.74) is -0.366. The number of amides is 4. The van der Waals surface area contributed by atoms with Crippen LogP contribution in [0.25, 0.3) is 0 Å². The molecule has 2 rings (SSSR count). The summed E-state index contributed by atoms with van der Waals surface area (Å²) in [5.74, 6) is -0.777. The zero-order chi connectivity index (χ0) is 18.4. The molecule has 1 fully saturated rings. The van der Waals surface area contributed by atoms with Gasteiger partial charge in [-0.1, -0.05) is 44.2 Å². The van der Waals surface area contributed by atoms with E-state index >= 15 is 0 Å². The molecule has 1 heterocycles. The number of hydrogen-bond donors (Lipinski definition) is 2. The molecule has 1 aromatic rings. The Morgan fingerprint density at radius 2 is 1.88 bits per heavy atom. The summed E-state index contributed by atoms with van der Waals surface area (Å²) < 4.78 is 0. The molecule has 1 aliphatic heterocycles. The van der Waals surface area contributed by atoms with Gasteiger partial charge in [0.25, 0.3) is 5.91 Å². The lowest BCUT2D eigenvalue weighted by Crippen LogP contribution is -2.44. The highest BCUT2D eigenvalue weighted by Gasteiger charge is 2.47. The molecule has 0 bridgehead atoms. The third-order valence-corrected chi connectivity index (χ3v) is 4.56. The number of anilines is 1. The summed E-state index contributed by atoms with van der Waals surface area (Å²) >= 11 is 5.80. The van der Waals surface area contributed by atoms with Gasteiger partial charge in [-0.05, 0) is 37.6 Å². The first kappa shape index (κ1) is 19.2. The molecule has 25 heavy (non-hydrogen) atoms. The quantitative estimate of drug-likeness (QED) is 0.546. The molecule has 2 N–H and O–H groups in total. The van der Waals surface area contributed by atoms with Gasteiger partial charge in [0.2, 0.25) is 5.91 Å². The van der Waals surface area contributed by atoms with Gasteiger partial charge in [0.15, 0.2) is 0 Å². The molecular formula is C18H24ClN3O3. The Morgan fingerprint density at radius 1 is 1.20 bits per heavy atom. The van der Waals surface area contributed by atoms with Crippen LogP contribution in [0.5, 0.6) is 0 Å². The van der Waals surface area contributed by atoms with E-state index in [0.717, 1.165) is 30.6 Å². The second-order valence-corrected chi connectivity index (χ2v) is 6.96. The van der Waals surface area contributed by atoms with Crippen LogP contribution < -0.4 is 10.6 Å². The average molecular weight is 366 g/mol. The van der Waals surface area contributed by atoms with E-state index in [1.54, 1.807) is 31.2 Å². The van der Waals surface area contributed by atoms with Gasteiger partial charge in [0.05, 0.1) is 0 Å². The lowest BCUT2D eigenvalue weighted by Gasteiger charge is -2.21. The molecule has 6 nitrogen and oxygen atoms in total. The maximum absolute atomic E-state index is 12.6. The number of carbonyl (C=O) groups is 3. The van der Waals surface area contributed by atoms with E-state index in [9.17, 15) is 14.4 Å². The second kappa shape index (κ2) is 8.34. The molecule has 1 atom stereocenters. The number of halogens is 1. The fourth-order valence-corrected chi connectivity index (χ4v) is 2.97. The molecule has 4 amide bonds. The van der Waals surface area contributed by atoms with Crippen LogP contribution in [0.15, 0.2) is 24.3 Å². The van der Waals surface area contributed by atoms with Crippen molar-refractivity contribution in [2.75, 3.05) is 11.9 Å². The molecular weight excluding hydrogens is 342 g/mol. The van der Waals surface area contributed by atoms with Crippen molar-refractivity contribution in [3.05, 3.63) is 29.3 Å². The average Bonchev–Trinajstić information content (AvgIpc) is 2.77. The van der Waals surface area contributed by atoms with Gasteiger partial charge in [-0.2, -0.15) is 0 Å². The number of hydrogen-bond acceptors (Lipinski definition) is 3. The molecule has 0 aromatic heterocycles. The Kier molecular flexibility index (Phi) is 6.42. The highest BCUT2D eigenvalue weighted by Crippen LogP contribution is 2.24. The number of benzene rings is 1. The Hall–Kier alpha value is -2.08. The lowest BCUT2D eigenvalue weighted by molar-refractivity contribution is -0.133. The summed E-state index contributed by atoms with van der Waals surface area (Å²) in [6, 6.07) is 6.10. The van der Waals surface area contributed by atoms with E-state index in [1.807, 2.05) is 0 Å². The van der Waals surface area contributed by atoms with E-state index in [-0.39, 0.29) is 12.5 Å². The number of carbonyl (C=O) groups excluding carboxylic acids is 3. The number of urea groups is 1. The predicted octanol–water partition coefficient (Wildman–Crippen LogP) is 3.56. The first-order valence-corrected chi connectivity index (χ1v) is 8.93. The van der Waals surface area contributed by atoms with Crippen molar-refractivity contribution in [1.29, 1.82) is 0 Å². The largest absolute Gasteiger partial charge is 0.325 e. The van der Waals surface area contributed by atoms with Gasteiger partial charge in [-0.25, -0.2) is 4.79 Å². The number of nitrogens with zero attached hydrogens (tertiary/aromatic N) is 1. The van der Waals surface area contributed by atoms with Crippen molar-refractivity contribution in [3.63, 3.8) is 0 Å². The first-order valence-electron chi connectivity index (χ1n) is 8.55. The highest BCUT2D eigenvalue weighted by atomic mass is 35.5. The SMILES string of the molecule is CCCCCC[C@]1(C)NC(=O)N(CC(=O)Nc2ccc(Cl)cc2)C1=O. The normalized spacial score (nSPS) is 19.9. The van der Waals surface area contributed by atoms with Crippen molar-refractivity contribution in [1.82, 2.24) is 10.2 Å². The zero-order valence-corrected chi connectivity index (χ0v) is 15.4. The van der Waals surface area contributed by atoms with Crippen molar-refractivity contribution in [2.24, 2.45) is 0 Å². The van der Waals surface area contributed by atoms with Crippen LogP contribution in [-0.2, 0) is 9.59 Å². The molecule has 1 aliphatic rings. The summed E-state index contributed by atoms with van der Waals surface area (Å²) in [7, 11) is 0. The minimum atomic E-state index is -0.925. The standard InChI is InChI=1S/C18H24ClN3O3/c1-3-4-5-6-11-18(2)16(24)22(17(25)21-18)12-15(23)20-14-9-7-13(19)8-10-14/h7-10H,3-6,11-12H2,1-2H3,(H,20,23)(H,21,25)/t18-/m0/s1. The van der Waals surface area contributed by atoms with Gasteiger partial charge >= 0.3 is 6.03 Å². The zero-order valence-electron chi connectivity index (χ0n) is 14.6. The monoisotopic (exact) mass is 365 g/mol. The minimum absolute atomic E-state index is 0.308. The fraction of sp³-hybridized carbons (Fsp3) is 0.500. The van der Waals surface area contributed by atoms with Crippen LogP contribution in [0.4, 0.5) is 10.5 Å². The molecule has 1 aromatic carbocycles. The van der Waals surface area contributed by atoms with E-state index < -0.39 is 17.5 Å². The van der Waals surface area contributed by atoms with Crippen molar-refractivity contribution in [2.45, 2.75) is 51.5 Å². The van der Waals surface area contributed by atoms with E-state index in [0.29, 0.717) is 17.1 Å². The second-order valence-electron chi connectivity index (χ2n) is 6.52. The van der Waals surface area contributed by atoms with E-state index in [4.69, 9.17) is 11.6 Å². The smallest absolute Gasteiger partial charge is 0.325 e. The minimum Gasteiger partial charge on any atom is -0.325 e. The first-order chi connectivity index (χ1) is 11.9. The van der Waals surface area contributed by atoms with Crippen LogP contribution in [0.3, 0.4) is 0 Å². The van der Waals surface area contributed by atoms with Gasteiger partial charge in [0.1, 0.15) is 12.1 Å². The lowest BCUT2D eigenvalue weighted by atomic mass is 9.94. The number of unbranched alkanes of at least 4 members (excludes halogenated alkanes) is 3. The van der Waals surface area contributed by atoms with Crippen LogP contribution in [-0.4, -0.2) is 34.8 Å². The van der Waals surface area contributed by atoms with Gasteiger partial charge in [-0.15, -0.1) is 0 Å². The molecule has 1 saturated heterocycles. The molecule has 0 saturated carbocycles. The maximum atomic E-state index is 12.6. The molecule has 7 heteroatoms. The molecule has 0 aliphatic carbocycles. The molecule has 0 radical (unpaired) electrons. The Bertz CT molecular complexity index is 647. The highest BCUT2D eigenvalue weighted by molar-refractivity contribution is 6.30. The van der Waals surface area contributed by atoms with E-state index in [1.165, 1.54) is 0 Å². The Labute approximate surface area is 152 Å². The predicted molar refractivity (Wildman–Crippen MR) is 97.5 cm³/mol. The number of nitrogens with one attached hydrogen (secondary N) is 2. The third kappa shape index (κ3) is 4.95. The van der Waals surface area contributed by atoms with Crippen LogP contribution in [0, 0.1) is 0 Å².